The van der Waals surface area contributed by atoms with Crippen LogP contribution in [0.4, 0.5) is 4.79 Å². The Balaban J connectivity index is 2.22. The Morgan fingerprint density at radius 1 is 0.946 bits per heavy atom. The first-order valence-corrected chi connectivity index (χ1v) is 13.1. The van der Waals surface area contributed by atoms with Gasteiger partial charge in [0, 0.05) is 18.7 Å². The number of Topliss-reactive ketones (excluding diaryl/α,β-unsaturated/α-hetero) is 1. The molecule has 3 amide bonds. The number of nitrogens with zero attached hydrogens (tertiary/aromatic N) is 1. The van der Waals surface area contributed by atoms with Crippen molar-refractivity contribution in [3.63, 3.8) is 0 Å². The highest BCUT2D eigenvalue weighted by Gasteiger charge is 2.31. The number of ketones is 1. The van der Waals surface area contributed by atoms with E-state index >= 15 is 0 Å². The third-order valence-corrected chi connectivity index (χ3v) is 6.46. The lowest BCUT2D eigenvalue weighted by Gasteiger charge is -2.27. The highest BCUT2D eigenvalue weighted by Crippen LogP contribution is 2.30. The van der Waals surface area contributed by atoms with Crippen molar-refractivity contribution in [3.05, 3.63) is 47.0 Å². The number of aromatic hydroxyl groups is 2. The summed E-state index contributed by atoms with van der Waals surface area (Å²) >= 11 is 0. The minimum absolute atomic E-state index is 0.0492. The van der Waals surface area contributed by atoms with Gasteiger partial charge in [-0.05, 0) is 31.2 Å². The van der Waals surface area contributed by atoms with Gasteiger partial charge >= 0.3 is 6.03 Å². The van der Waals surface area contributed by atoms with Crippen LogP contribution in [-0.4, -0.2) is 56.9 Å². The molecule has 0 fully saturated rings. The van der Waals surface area contributed by atoms with E-state index in [1.165, 1.54) is 6.92 Å². The topological polar surface area (TPSA) is 135 Å². The Hall–Kier alpha value is -3.49. The standard InChI is InChI=1S/C28H42N4O5/c1-6-8-15-32(16-9-7-2)28(37)29-21(20-13-11-10-12-14-20)17-22(33)30-24(18(3)4)25(34)23-19(5)26(35)31-27(23)36/h10-14,18,21,24,31,35-36H,6-9,15-17H2,1-5H3,(H,29,37)(H,30,33)/t21?,24-/m0/s1. The summed E-state index contributed by atoms with van der Waals surface area (Å²) in [5, 5.41) is 25.8. The Bertz CT molecular complexity index is 1030. The van der Waals surface area contributed by atoms with Crippen molar-refractivity contribution in [1.29, 1.82) is 0 Å². The van der Waals surface area contributed by atoms with Crippen molar-refractivity contribution in [2.75, 3.05) is 13.1 Å². The van der Waals surface area contributed by atoms with Crippen LogP contribution < -0.4 is 10.6 Å². The van der Waals surface area contributed by atoms with Crippen LogP contribution in [0.1, 0.15) is 87.3 Å². The van der Waals surface area contributed by atoms with Gasteiger partial charge in [0.15, 0.2) is 11.7 Å². The lowest BCUT2D eigenvalue weighted by molar-refractivity contribution is -0.122. The first-order valence-electron chi connectivity index (χ1n) is 13.1. The molecule has 0 aliphatic heterocycles. The molecule has 0 bridgehead atoms. The number of amides is 3. The van der Waals surface area contributed by atoms with Gasteiger partial charge in [-0.15, -0.1) is 0 Å². The van der Waals surface area contributed by atoms with E-state index in [1.807, 2.05) is 30.3 Å². The first-order chi connectivity index (χ1) is 17.6. The normalized spacial score (nSPS) is 12.7. The third-order valence-electron chi connectivity index (χ3n) is 6.46. The second-order valence-electron chi connectivity index (χ2n) is 9.79. The number of benzene rings is 1. The lowest BCUT2D eigenvalue weighted by Crippen LogP contribution is -2.47. The summed E-state index contributed by atoms with van der Waals surface area (Å²) in [5.74, 6) is -1.92. The highest BCUT2D eigenvalue weighted by molar-refractivity contribution is 6.05. The molecule has 2 rings (SSSR count). The number of aromatic amines is 1. The summed E-state index contributed by atoms with van der Waals surface area (Å²) in [5.41, 5.74) is 0.955. The molecule has 2 aromatic rings. The molecule has 0 saturated heterocycles. The molecule has 1 unspecified atom stereocenters. The Kier molecular flexibility index (Phi) is 11.5. The van der Waals surface area contributed by atoms with Crippen molar-refractivity contribution >= 4 is 17.7 Å². The number of unbranched alkanes of at least 4 members (excludes halogenated alkanes) is 2. The molecule has 2 atom stereocenters. The van der Waals surface area contributed by atoms with E-state index in [0.717, 1.165) is 31.2 Å². The van der Waals surface area contributed by atoms with Crippen LogP contribution in [-0.2, 0) is 4.79 Å². The summed E-state index contributed by atoms with van der Waals surface area (Å²) in [6.45, 7) is 10.5. The molecule has 1 aromatic heterocycles. The average molecular weight is 515 g/mol. The predicted octanol–water partition coefficient (Wildman–Crippen LogP) is 4.80. The van der Waals surface area contributed by atoms with Crippen molar-refractivity contribution in [2.45, 2.75) is 78.8 Å². The summed E-state index contributed by atoms with van der Waals surface area (Å²) in [4.78, 5) is 43.8. The summed E-state index contributed by atoms with van der Waals surface area (Å²) in [7, 11) is 0. The molecular formula is C28H42N4O5. The number of urea groups is 1. The second-order valence-corrected chi connectivity index (χ2v) is 9.79. The molecular weight excluding hydrogens is 472 g/mol. The minimum Gasteiger partial charge on any atom is -0.494 e. The van der Waals surface area contributed by atoms with Gasteiger partial charge in [-0.2, -0.15) is 0 Å². The maximum Gasteiger partial charge on any atom is 0.317 e. The minimum atomic E-state index is -0.926. The Morgan fingerprint density at radius 2 is 1.54 bits per heavy atom. The SMILES string of the molecule is CCCCN(CCCC)C(=O)NC(CC(=O)N[C@H](C(=O)c1c(O)[nH]c(O)c1C)C(C)C)c1ccccc1. The average Bonchev–Trinajstić information content (AvgIpc) is 3.12. The van der Waals surface area contributed by atoms with Gasteiger partial charge in [0.2, 0.25) is 11.8 Å². The molecule has 5 N–H and O–H groups in total. The van der Waals surface area contributed by atoms with Gasteiger partial charge in [-0.3, -0.25) is 14.6 Å². The van der Waals surface area contributed by atoms with Crippen molar-refractivity contribution < 1.29 is 24.6 Å². The number of hydrogen-bond acceptors (Lipinski definition) is 5. The van der Waals surface area contributed by atoms with Crippen LogP contribution in [0, 0.1) is 12.8 Å². The van der Waals surface area contributed by atoms with Crippen molar-refractivity contribution in [1.82, 2.24) is 20.5 Å². The van der Waals surface area contributed by atoms with Gasteiger partial charge in [0.25, 0.3) is 0 Å². The van der Waals surface area contributed by atoms with E-state index in [0.29, 0.717) is 13.1 Å². The third kappa shape index (κ3) is 8.27. The molecule has 1 aromatic carbocycles. The van der Waals surface area contributed by atoms with Crippen molar-refractivity contribution in [3.8, 4) is 11.8 Å². The second kappa shape index (κ2) is 14.3. The molecule has 204 valence electrons. The summed E-state index contributed by atoms with van der Waals surface area (Å²) in [6, 6.07) is 7.55. The number of aromatic nitrogens is 1. The molecule has 0 radical (unpaired) electrons. The van der Waals surface area contributed by atoms with Crippen LogP contribution in [0.5, 0.6) is 11.8 Å². The molecule has 0 aliphatic rings. The fourth-order valence-electron chi connectivity index (χ4n) is 4.16. The van der Waals surface area contributed by atoms with E-state index in [1.54, 1.807) is 18.7 Å². The van der Waals surface area contributed by atoms with Crippen LogP contribution in [0.3, 0.4) is 0 Å². The van der Waals surface area contributed by atoms with Gasteiger partial charge < -0.3 is 25.7 Å². The fraction of sp³-hybridized carbons (Fsp3) is 0.536. The largest absolute Gasteiger partial charge is 0.494 e. The monoisotopic (exact) mass is 514 g/mol. The fourth-order valence-corrected chi connectivity index (χ4v) is 4.16. The summed E-state index contributed by atoms with van der Waals surface area (Å²) in [6.07, 6.45) is 3.67. The number of nitrogens with one attached hydrogen (secondary N) is 3. The number of carbonyl (C=O) groups excluding carboxylic acids is 3. The maximum absolute atomic E-state index is 13.2. The van der Waals surface area contributed by atoms with E-state index in [9.17, 15) is 24.6 Å². The van der Waals surface area contributed by atoms with Gasteiger partial charge in [-0.1, -0.05) is 70.9 Å². The predicted molar refractivity (Wildman–Crippen MR) is 144 cm³/mol. The van der Waals surface area contributed by atoms with E-state index in [4.69, 9.17) is 0 Å². The van der Waals surface area contributed by atoms with Crippen LogP contribution >= 0.6 is 0 Å². The zero-order valence-corrected chi connectivity index (χ0v) is 22.6. The molecule has 37 heavy (non-hydrogen) atoms. The molecule has 0 aliphatic carbocycles. The maximum atomic E-state index is 13.2. The molecule has 0 saturated carbocycles. The Morgan fingerprint density at radius 3 is 2.03 bits per heavy atom. The quantitative estimate of drug-likeness (QED) is 0.231. The number of hydrogen-bond donors (Lipinski definition) is 5. The van der Waals surface area contributed by atoms with E-state index < -0.39 is 29.7 Å². The Labute approximate surface area is 219 Å². The zero-order chi connectivity index (χ0) is 27.5. The van der Waals surface area contributed by atoms with Gasteiger partial charge in [-0.25, -0.2) is 4.79 Å². The molecule has 9 nitrogen and oxygen atoms in total. The number of rotatable bonds is 14. The van der Waals surface area contributed by atoms with E-state index in [-0.39, 0.29) is 35.4 Å². The smallest absolute Gasteiger partial charge is 0.317 e. The molecule has 0 spiro atoms. The van der Waals surface area contributed by atoms with E-state index in [2.05, 4.69) is 29.5 Å². The van der Waals surface area contributed by atoms with Crippen LogP contribution in [0.25, 0.3) is 0 Å². The van der Waals surface area contributed by atoms with Crippen molar-refractivity contribution in [2.24, 2.45) is 5.92 Å². The first kappa shape index (κ1) is 29.7. The number of carbonyl (C=O) groups is 3. The lowest BCUT2D eigenvalue weighted by atomic mass is 9.93. The van der Waals surface area contributed by atoms with Crippen LogP contribution in [0.2, 0.25) is 0 Å². The number of H-pyrrole nitrogens is 1. The van der Waals surface area contributed by atoms with Gasteiger partial charge in [0.05, 0.1) is 24.1 Å². The summed E-state index contributed by atoms with van der Waals surface area (Å²) < 4.78 is 0. The highest BCUT2D eigenvalue weighted by atomic mass is 16.3. The zero-order valence-electron chi connectivity index (χ0n) is 22.6. The molecule has 9 heteroatoms. The van der Waals surface area contributed by atoms with Gasteiger partial charge in [0.1, 0.15) is 0 Å². The molecule has 1 heterocycles. The van der Waals surface area contributed by atoms with Crippen LogP contribution in [0.15, 0.2) is 30.3 Å².